The molecule has 0 heterocycles. The van der Waals surface area contributed by atoms with E-state index in [2.05, 4.69) is 35.8 Å². The molecule has 1 fully saturated rings. The maximum Gasteiger partial charge on any atom is 0.119 e. The molecule has 3 heteroatoms. The van der Waals surface area contributed by atoms with Crippen molar-refractivity contribution in [2.75, 3.05) is 7.11 Å². The van der Waals surface area contributed by atoms with Gasteiger partial charge in [-0.3, -0.25) is 0 Å². The Bertz CT molecular complexity index is 446. The van der Waals surface area contributed by atoms with Crippen molar-refractivity contribution < 1.29 is 4.74 Å². The molecular weight excluding hydrogens is 302 g/mol. The molecule has 0 atom stereocenters. The molecule has 1 aliphatic carbocycles. The van der Waals surface area contributed by atoms with Crippen LogP contribution in [0.4, 0.5) is 0 Å². The van der Waals surface area contributed by atoms with Gasteiger partial charge in [-0.1, -0.05) is 29.8 Å². The van der Waals surface area contributed by atoms with E-state index < -0.39 is 0 Å². The first kappa shape index (κ1) is 14.9. The van der Waals surface area contributed by atoms with Crippen molar-refractivity contribution in [1.82, 2.24) is 0 Å². The largest absolute Gasteiger partial charge is 0.497 e. The molecule has 0 radical (unpaired) electrons. The zero-order valence-electron chi connectivity index (χ0n) is 12.1. The summed E-state index contributed by atoms with van der Waals surface area (Å²) in [5, 5.41) is 0. The first-order valence-corrected chi connectivity index (χ1v) is 7.74. The van der Waals surface area contributed by atoms with Gasteiger partial charge in [-0.2, -0.15) is 0 Å². The zero-order chi connectivity index (χ0) is 14.1. The van der Waals surface area contributed by atoms with Crippen LogP contribution in [0.15, 0.2) is 22.7 Å². The molecule has 1 aromatic carbocycles. The van der Waals surface area contributed by atoms with E-state index in [1.54, 1.807) is 7.11 Å². The number of nitrogens with two attached hydrogens (primary N) is 1. The van der Waals surface area contributed by atoms with Gasteiger partial charge in [-0.05, 0) is 61.3 Å². The second-order valence-corrected chi connectivity index (χ2v) is 7.52. The first-order chi connectivity index (χ1) is 8.84. The normalized spacial score (nSPS) is 21.1. The summed E-state index contributed by atoms with van der Waals surface area (Å²) >= 11 is 3.62. The Labute approximate surface area is 124 Å². The molecule has 0 spiro atoms. The molecule has 106 valence electrons. The van der Waals surface area contributed by atoms with Crippen LogP contribution in [0.25, 0.3) is 0 Å². The van der Waals surface area contributed by atoms with Crippen LogP contribution in [0.1, 0.15) is 45.1 Å². The molecule has 1 aromatic rings. The Morgan fingerprint density at radius 2 is 1.84 bits per heavy atom. The Morgan fingerprint density at radius 1 is 1.21 bits per heavy atom. The lowest BCUT2D eigenvalue weighted by molar-refractivity contribution is 0.164. The van der Waals surface area contributed by atoms with Crippen molar-refractivity contribution in [3.8, 4) is 5.75 Å². The predicted octanol–water partition coefficient (Wildman–Crippen LogP) is 4.30. The van der Waals surface area contributed by atoms with Crippen molar-refractivity contribution in [3.05, 3.63) is 28.2 Å². The summed E-state index contributed by atoms with van der Waals surface area (Å²) in [7, 11) is 1.70. The number of rotatable bonds is 3. The van der Waals surface area contributed by atoms with E-state index >= 15 is 0 Å². The molecule has 2 nitrogen and oxygen atoms in total. The number of methoxy groups -OCH3 is 1. The van der Waals surface area contributed by atoms with Crippen LogP contribution in [0.5, 0.6) is 5.75 Å². The molecule has 0 amide bonds. The van der Waals surface area contributed by atoms with E-state index in [9.17, 15) is 0 Å². The van der Waals surface area contributed by atoms with E-state index in [0.29, 0.717) is 5.41 Å². The van der Waals surface area contributed by atoms with Gasteiger partial charge in [0.25, 0.3) is 0 Å². The Kier molecular flexibility index (Phi) is 4.26. The fourth-order valence-corrected chi connectivity index (χ4v) is 3.18. The molecule has 0 aliphatic heterocycles. The molecule has 0 bridgehead atoms. The lowest BCUT2D eigenvalue weighted by Gasteiger charge is -2.41. The molecule has 0 unspecified atom stereocenters. The van der Waals surface area contributed by atoms with E-state index in [0.717, 1.165) is 29.5 Å². The van der Waals surface area contributed by atoms with Crippen LogP contribution in [0.3, 0.4) is 0 Å². The number of benzene rings is 1. The van der Waals surface area contributed by atoms with Crippen LogP contribution < -0.4 is 10.5 Å². The fraction of sp³-hybridized carbons (Fsp3) is 0.625. The average molecular weight is 326 g/mol. The van der Waals surface area contributed by atoms with Gasteiger partial charge in [0.2, 0.25) is 0 Å². The van der Waals surface area contributed by atoms with Crippen LogP contribution in [0, 0.1) is 5.41 Å². The number of hydrogen-bond donors (Lipinski definition) is 1. The predicted molar refractivity (Wildman–Crippen MR) is 83.6 cm³/mol. The fourth-order valence-electron chi connectivity index (χ4n) is 2.79. The van der Waals surface area contributed by atoms with Crippen molar-refractivity contribution in [2.24, 2.45) is 11.1 Å². The molecule has 2 rings (SSSR count). The highest BCUT2D eigenvalue weighted by atomic mass is 79.9. The Balaban J connectivity index is 2.12. The van der Waals surface area contributed by atoms with Crippen molar-refractivity contribution in [3.63, 3.8) is 0 Å². The maximum atomic E-state index is 6.61. The van der Waals surface area contributed by atoms with Gasteiger partial charge in [0.15, 0.2) is 0 Å². The van der Waals surface area contributed by atoms with Gasteiger partial charge in [-0.15, -0.1) is 0 Å². The Morgan fingerprint density at radius 3 is 2.42 bits per heavy atom. The monoisotopic (exact) mass is 325 g/mol. The third kappa shape index (κ3) is 3.73. The molecular formula is C16H24BrNO. The van der Waals surface area contributed by atoms with Crippen molar-refractivity contribution >= 4 is 15.9 Å². The summed E-state index contributed by atoms with van der Waals surface area (Å²) in [6.07, 6.45) is 5.55. The summed E-state index contributed by atoms with van der Waals surface area (Å²) in [5.41, 5.74) is 8.25. The van der Waals surface area contributed by atoms with E-state index in [-0.39, 0.29) is 5.54 Å². The van der Waals surface area contributed by atoms with Gasteiger partial charge in [-0.25, -0.2) is 0 Å². The number of hydrogen-bond acceptors (Lipinski definition) is 2. The van der Waals surface area contributed by atoms with Crippen molar-refractivity contribution in [2.45, 2.75) is 51.5 Å². The van der Waals surface area contributed by atoms with Crippen LogP contribution in [-0.2, 0) is 6.42 Å². The molecule has 1 saturated carbocycles. The van der Waals surface area contributed by atoms with E-state index in [1.165, 1.54) is 18.4 Å². The lowest BCUT2D eigenvalue weighted by Crippen LogP contribution is -2.46. The van der Waals surface area contributed by atoms with Gasteiger partial charge >= 0.3 is 0 Å². The minimum Gasteiger partial charge on any atom is -0.497 e. The van der Waals surface area contributed by atoms with Crippen LogP contribution in [-0.4, -0.2) is 12.6 Å². The summed E-state index contributed by atoms with van der Waals surface area (Å²) in [4.78, 5) is 0. The SMILES string of the molecule is COc1ccc(Br)c(CC2(N)CCC(C)(C)CC2)c1. The van der Waals surface area contributed by atoms with Crippen molar-refractivity contribution in [1.29, 1.82) is 0 Å². The van der Waals surface area contributed by atoms with Gasteiger partial charge < -0.3 is 10.5 Å². The van der Waals surface area contributed by atoms with Gasteiger partial charge in [0.05, 0.1) is 7.11 Å². The molecule has 1 aliphatic rings. The van der Waals surface area contributed by atoms with Gasteiger partial charge in [0, 0.05) is 10.0 Å². The van der Waals surface area contributed by atoms with E-state index in [1.807, 2.05) is 12.1 Å². The first-order valence-electron chi connectivity index (χ1n) is 6.95. The molecule has 0 saturated heterocycles. The maximum absolute atomic E-state index is 6.61. The molecule has 19 heavy (non-hydrogen) atoms. The number of halogens is 1. The summed E-state index contributed by atoms with van der Waals surface area (Å²) in [6, 6.07) is 6.11. The molecule has 2 N–H and O–H groups in total. The average Bonchev–Trinajstić information content (AvgIpc) is 2.37. The Hall–Kier alpha value is -0.540. The zero-order valence-corrected chi connectivity index (χ0v) is 13.7. The lowest BCUT2D eigenvalue weighted by atomic mass is 9.68. The van der Waals surface area contributed by atoms with E-state index in [4.69, 9.17) is 10.5 Å². The number of ether oxygens (including phenoxy) is 1. The second kappa shape index (κ2) is 5.45. The third-order valence-corrected chi connectivity index (χ3v) is 5.17. The quantitative estimate of drug-likeness (QED) is 0.899. The summed E-state index contributed by atoms with van der Waals surface area (Å²) < 4.78 is 6.43. The minimum atomic E-state index is -0.0651. The van der Waals surface area contributed by atoms with Crippen LogP contribution >= 0.6 is 15.9 Å². The highest BCUT2D eigenvalue weighted by Crippen LogP contribution is 2.41. The second-order valence-electron chi connectivity index (χ2n) is 6.66. The van der Waals surface area contributed by atoms with Crippen LogP contribution in [0.2, 0.25) is 0 Å². The summed E-state index contributed by atoms with van der Waals surface area (Å²) in [5.74, 6) is 0.901. The standard InChI is InChI=1S/C16H24BrNO/c1-15(2)6-8-16(18,9-7-15)11-12-10-13(19-3)4-5-14(12)17/h4-5,10H,6-9,11,18H2,1-3H3. The highest BCUT2D eigenvalue weighted by molar-refractivity contribution is 9.10. The minimum absolute atomic E-state index is 0.0651. The molecule has 0 aromatic heterocycles. The highest BCUT2D eigenvalue weighted by Gasteiger charge is 2.35. The smallest absolute Gasteiger partial charge is 0.119 e. The summed E-state index contributed by atoms with van der Waals surface area (Å²) in [6.45, 7) is 4.68. The third-order valence-electron chi connectivity index (χ3n) is 4.39. The topological polar surface area (TPSA) is 35.2 Å². The van der Waals surface area contributed by atoms with Gasteiger partial charge in [0.1, 0.15) is 5.75 Å².